The van der Waals surface area contributed by atoms with Gasteiger partial charge in [-0.15, -0.1) is 0 Å². The van der Waals surface area contributed by atoms with Crippen LogP contribution in [0.2, 0.25) is 0 Å². The third kappa shape index (κ3) is 4.23. The molecule has 0 unspecified atom stereocenters. The lowest BCUT2D eigenvalue weighted by Crippen LogP contribution is -2.30. The Balaban J connectivity index is 1.57. The van der Waals surface area contributed by atoms with Crippen LogP contribution in [0.5, 0.6) is 0 Å². The van der Waals surface area contributed by atoms with Gasteiger partial charge < -0.3 is 15.5 Å². The third-order valence-electron chi connectivity index (χ3n) is 4.29. The number of halogens is 1. The fraction of sp³-hybridized carbons (Fsp3) is 0.316. The number of anilines is 2. The van der Waals surface area contributed by atoms with Crippen molar-refractivity contribution >= 4 is 28.7 Å². The zero-order valence-corrected chi connectivity index (χ0v) is 14.6. The van der Waals surface area contributed by atoms with Gasteiger partial charge in [0.05, 0.1) is 6.04 Å². The molecule has 0 radical (unpaired) electrons. The lowest BCUT2D eigenvalue weighted by Gasteiger charge is -2.20. The van der Waals surface area contributed by atoms with E-state index in [0.717, 1.165) is 13.1 Å². The van der Waals surface area contributed by atoms with Crippen LogP contribution in [0.1, 0.15) is 31.4 Å². The van der Waals surface area contributed by atoms with E-state index in [1.165, 1.54) is 36.2 Å². The standard InChI is InChI=1S/C19H22FN3S/c1-14(21-19(24)22-17-6-4-5-16(20)13-17)15-7-9-18(10-8-15)23-11-2-3-12-23/h4-10,13-14H,2-3,11-12H2,1H3,(H2,21,22,24)/t14-/m0/s1. The Kier molecular flexibility index (Phi) is 5.30. The van der Waals surface area contributed by atoms with Gasteiger partial charge in [0.1, 0.15) is 5.82 Å². The number of hydrogen-bond donors (Lipinski definition) is 2. The minimum atomic E-state index is -0.284. The average Bonchev–Trinajstić information content (AvgIpc) is 3.09. The summed E-state index contributed by atoms with van der Waals surface area (Å²) in [7, 11) is 0. The van der Waals surface area contributed by atoms with Crippen LogP contribution in [-0.4, -0.2) is 18.2 Å². The molecule has 1 aliphatic heterocycles. The lowest BCUT2D eigenvalue weighted by atomic mass is 10.1. The van der Waals surface area contributed by atoms with E-state index in [1.54, 1.807) is 12.1 Å². The van der Waals surface area contributed by atoms with Gasteiger partial charge in [-0.1, -0.05) is 18.2 Å². The number of rotatable bonds is 4. The molecule has 0 amide bonds. The number of nitrogens with one attached hydrogen (secondary N) is 2. The van der Waals surface area contributed by atoms with Crippen molar-refractivity contribution in [2.45, 2.75) is 25.8 Å². The summed E-state index contributed by atoms with van der Waals surface area (Å²) in [5.74, 6) is -0.284. The number of thiocarbonyl (C=S) groups is 1. The monoisotopic (exact) mass is 343 g/mol. The van der Waals surface area contributed by atoms with E-state index in [-0.39, 0.29) is 11.9 Å². The SMILES string of the molecule is C[C@H](NC(=S)Nc1cccc(F)c1)c1ccc(N2CCCC2)cc1. The van der Waals surface area contributed by atoms with Gasteiger partial charge in [-0.2, -0.15) is 0 Å². The molecule has 1 fully saturated rings. The Morgan fingerprint density at radius 3 is 2.50 bits per heavy atom. The minimum Gasteiger partial charge on any atom is -0.372 e. The van der Waals surface area contributed by atoms with Crippen LogP contribution in [0.25, 0.3) is 0 Å². The zero-order valence-electron chi connectivity index (χ0n) is 13.8. The summed E-state index contributed by atoms with van der Waals surface area (Å²) < 4.78 is 13.2. The summed E-state index contributed by atoms with van der Waals surface area (Å²) in [6, 6.07) is 14.9. The first-order valence-electron chi connectivity index (χ1n) is 8.30. The molecule has 0 aromatic heterocycles. The maximum atomic E-state index is 13.2. The van der Waals surface area contributed by atoms with Gasteiger partial charge in [0.15, 0.2) is 5.11 Å². The average molecular weight is 343 g/mol. The van der Waals surface area contributed by atoms with E-state index in [4.69, 9.17) is 12.2 Å². The maximum Gasteiger partial charge on any atom is 0.171 e. The first kappa shape index (κ1) is 16.7. The topological polar surface area (TPSA) is 27.3 Å². The molecule has 0 bridgehead atoms. The summed E-state index contributed by atoms with van der Waals surface area (Å²) in [6.07, 6.45) is 2.56. The van der Waals surface area contributed by atoms with Crippen molar-refractivity contribution < 1.29 is 4.39 Å². The van der Waals surface area contributed by atoms with Crippen LogP contribution in [-0.2, 0) is 0 Å². The highest BCUT2D eigenvalue weighted by molar-refractivity contribution is 7.80. The van der Waals surface area contributed by atoms with E-state index in [9.17, 15) is 4.39 Å². The molecule has 3 rings (SSSR count). The summed E-state index contributed by atoms with van der Waals surface area (Å²) in [6.45, 7) is 4.36. The summed E-state index contributed by atoms with van der Waals surface area (Å²) in [4.78, 5) is 2.41. The second kappa shape index (κ2) is 7.62. The van der Waals surface area contributed by atoms with Crippen LogP contribution >= 0.6 is 12.2 Å². The predicted molar refractivity (Wildman–Crippen MR) is 102 cm³/mol. The predicted octanol–water partition coefficient (Wildman–Crippen LogP) is 4.47. The largest absolute Gasteiger partial charge is 0.372 e. The fourth-order valence-electron chi connectivity index (χ4n) is 2.96. The van der Waals surface area contributed by atoms with Gasteiger partial charge in [-0.3, -0.25) is 0 Å². The van der Waals surface area contributed by atoms with Crippen LogP contribution in [0, 0.1) is 5.82 Å². The molecule has 5 heteroatoms. The van der Waals surface area contributed by atoms with E-state index in [0.29, 0.717) is 10.8 Å². The smallest absolute Gasteiger partial charge is 0.171 e. The minimum absolute atomic E-state index is 0.0752. The highest BCUT2D eigenvalue weighted by Crippen LogP contribution is 2.22. The van der Waals surface area contributed by atoms with Gasteiger partial charge in [0, 0.05) is 24.5 Å². The van der Waals surface area contributed by atoms with Crippen molar-refractivity contribution in [3.63, 3.8) is 0 Å². The Labute approximate surface area is 147 Å². The van der Waals surface area contributed by atoms with Crippen LogP contribution in [0.4, 0.5) is 15.8 Å². The highest BCUT2D eigenvalue weighted by atomic mass is 32.1. The molecule has 1 saturated heterocycles. The van der Waals surface area contributed by atoms with Gasteiger partial charge in [-0.25, -0.2) is 4.39 Å². The van der Waals surface area contributed by atoms with E-state index < -0.39 is 0 Å². The zero-order chi connectivity index (χ0) is 16.9. The van der Waals surface area contributed by atoms with E-state index in [1.807, 2.05) is 0 Å². The van der Waals surface area contributed by atoms with Crippen LogP contribution < -0.4 is 15.5 Å². The summed E-state index contributed by atoms with van der Waals surface area (Å²) in [5, 5.41) is 6.73. The van der Waals surface area contributed by atoms with Crippen molar-refractivity contribution in [3.05, 3.63) is 59.9 Å². The molecule has 0 aliphatic carbocycles. The molecule has 0 saturated carbocycles. The fourth-order valence-corrected chi connectivity index (χ4v) is 3.26. The summed E-state index contributed by atoms with van der Waals surface area (Å²) in [5.41, 5.74) is 3.09. The van der Waals surface area contributed by atoms with Crippen molar-refractivity contribution in [3.8, 4) is 0 Å². The normalized spacial score (nSPS) is 15.2. The second-order valence-corrected chi connectivity index (χ2v) is 6.52. The second-order valence-electron chi connectivity index (χ2n) is 6.12. The van der Waals surface area contributed by atoms with Gasteiger partial charge >= 0.3 is 0 Å². The Morgan fingerprint density at radius 2 is 1.83 bits per heavy atom. The van der Waals surface area contributed by atoms with Crippen molar-refractivity contribution in [1.82, 2.24) is 5.32 Å². The van der Waals surface area contributed by atoms with Crippen molar-refractivity contribution in [2.24, 2.45) is 0 Å². The Hall–Kier alpha value is -2.14. The first-order valence-corrected chi connectivity index (χ1v) is 8.70. The number of benzene rings is 2. The quantitative estimate of drug-likeness (QED) is 0.801. The molecule has 1 atom stereocenters. The molecule has 24 heavy (non-hydrogen) atoms. The lowest BCUT2D eigenvalue weighted by molar-refractivity contribution is 0.628. The van der Waals surface area contributed by atoms with Crippen molar-refractivity contribution in [1.29, 1.82) is 0 Å². The molecule has 3 nitrogen and oxygen atoms in total. The molecular formula is C19H22FN3S. The van der Waals surface area contributed by atoms with E-state index >= 15 is 0 Å². The molecule has 1 heterocycles. The highest BCUT2D eigenvalue weighted by Gasteiger charge is 2.13. The first-order chi connectivity index (χ1) is 11.6. The third-order valence-corrected chi connectivity index (χ3v) is 4.51. The van der Waals surface area contributed by atoms with Crippen molar-refractivity contribution in [2.75, 3.05) is 23.3 Å². The van der Waals surface area contributed by atoms with Crippen LogP contribution in [0.15, 0.2) is 48.5 Å². The van der Waals surface area contributed by atoms with Gasteiger partial charge in [0.2, 0.25) is 0 Å². The summed E-state index contributed by atoms with van der Waals surface area (Å²) >= 11 is 5.32. The molecule has 2 N–H and O–H groups in total. The maximum absolute atomic E-state index is 13.2. The molecule has 126 valence electrons. The molecular weight excluding hydrogens is 321 g/mol. The van der Waals surface area contributed by atoms with Gasteiger partial charge in [-0.05, 0) is 67.9 Å². The Bertz CT molecular complexity index is 696. The van der Waals surface area contributed by atoms with E-state index in [2.05, 4.69) is 46.7 Å². The van der Waals surface area contributed by atoms with Crippen LogP contribution in [0.3, 0.4) is 0 Å². The number of nitrogens with zero attached hydrogens (tertiary/aromatic N) is 1. The molecule has 2 aromatic carbocycles. The number of hydrogen-bond acceptors (Lipinski definition) is 2. The Morgan fingerprint density at radius 1 is 1.12 bits per heavy atom. The van der Waals surface area contributed by atoms with Gasteiger partial charge in [0.25, 0.3) is 0 Å². The molecule has 2 aromatic rings. The molecule has 1 aliphatic rings. The molecule has 0 spiro atoms.